The van der Waals surface area contributed by atoms with Crippen LogP contribution in [-0.2, 0) is 13.2 Å². The average Bonchev–Trinajstić information content (AvgIpc) is 2.94. The predicted molar refractivity (Wildman–Crippen MR) is 83.6 cm³/mol. The molecule has 0 N–H and O–H groups in total. The number of rotatable bonds is 2. The van der Waals surface area contributed by atoms with Crippen LogP contribution in [0.15, 0.2) is 38.5 Å². The van der Waals surface area contributed by atoms with Gasteiger partial charge in [-0.25, -0.2) is 9.36 Å². The molecule has 0 aliphatic heterocycles. The van der Waals surface area contributed by atoms with Gasteiger partial charge in [0.2, 0.25) is 0 Å². The van der Waals surface area contributed by atoms with Crippen molar-refractivity contribution in [2.45, 2.75) is 6.18 Å². The lowest BCUT2D eigenvalue weighted by Gasteiger charge is -2.13. The molecule has 0 aliphatic rings. The first kappa shape index (κ1) is 17.2. The van der Waals surface area contributed by atoms with Crippen LogP contribution in [0, 0.1) is 0 Å². The Hall–Kier alpha value is -2.68. The van der Waals surface area contributed by atoms with Gasteiger partial charge in [-0.2, -0.15) is 13.2 Å². The van der Waals surface area contributed by atoms with E-state index in [0.717, 1.165) is 13.3 Å². The summed E-state index contributed by atoms with van der Waals surface area (Å²) < 4.78 is 50.0. The predicted octanol–water partition coefficient (Wildman–Crippen LogP) is 2.96. The Morgan fingerprint density at radius 2 is 1.88 bits per heavy atom. The number of benzene rings is 1. The number of nitrogens with zero attached hydrogens (tertiary/aromatic N) is 2. The van der Waals surface area contributed by atoms with E-state index in [9.17, 15) is 22.8 Å². The summed E-state index contributed by atoms with van der Waals surface area (Å²) in [7, 11) is 2.32. The van der Waals surface area contributed by atoms with E-state index in [1.807, 2.05) is 0 Å². The average molecular weight is 375 g/mol. The molecular formula is C15H10ClF3N2O4. The summed E-state index contributed by atoms with van der Waals surface area (Å²) in [5, 5.41) is 0.417. The molecule has 0 fully saturated rings. The Labute approximate surface area is 142 Å². The first-order chi connectivity index (χ1) is 11.6. The first-order valence-corrected chi connectivity index (χ1v) is 7.18. The summed E-state index contributed by atoms with van der Waals surface area (Å²) in [6, 6.07) is 3.27. The molecule has 3 aromatic rings. The van der Waals surface area contributed by atoms with E-state index in [2.05, 4.69) is 0 Å². The Balaban J connectivity index is 2.37. The Morgan fingerprint density at radius 3 is 2.48 bits per heavy atom. The van der Waals surface area contributed by atoms with Gasteiger partial charge in [0.15, 0.2) is 5.58 Å². The van der Waals surface area contributed by atoms with Gasteiger partial charge in [-0.1, -0.05) is 11.6 Å². The lowest BCUT2D eigenvalue weighted by atomic mass is 10.2. The van der Waals surface area contributed by atoms with Gasteiger partial charge in [0.05, 0.1) is 12.1 Å². The molecule has 0 aliphatic carbocycles. The number of hydrogen-bond acceptors (Lipinski definition) is 4. The highest BCUT2D eigenvalue weighted by Crippen LogP contribution is 2.34. The maximum atomic E-state index is 12.9. The highest BCUT2D eigenvalue weighted by molar-refractivity contribution is 6.35. The normalized spacial score (nSPS) is 11.9. The zero-order chi connectivity index (χ0) is 18.5. The third kappa shape index (κ3) is 2.70. The monoisotopic (exact) mass is 374 g/mol. The summed E-state index contributed by atoms with van der Waals surface area (Å²) >= 11 is 6.04. The van der Waals surface area contributed by atoms with E-state index in [0.29, 0.717) is 21.0 Å². The van der Waals surface area contributed by atoms with Gasteiger partial charge in [-0.3, -0.25) is 9.36 Å². The number of fused-ring (bicyclic) bond motifs is 1. The maximum Gasteiger partial charge on any atom is 0.431 e. The summed E-state index contributed by atoms with van der Waals surface area (Å²) in [6.45, 7) is 0. The van der Waals surface area contributed by atoms with Crippen molar-refractivity contribution >= 4 is 22.6 Å². The van der Waals surface area contributed by atoms with Crippen LogP contribution in [0.1, 0.15) is 5.69 Å². The van der Waals surface area contributed by atoms with Crippen LogP contribution in [0.5, 0.6) is 5.75 Å². The SMILES string of the molecule is COc1cc(Cl)c2occ(-n3c(=O)cc(C(F)(F)F)n(C)c3=O)c2c1. The largest absolute Gasteiger partial charge is 0.497 e. The van der Waals surface area contributed by atoms with Crippen molar-refractivity contribution in [2.75, 3.05) is 7.11 Å². The fourth-order valence-electron chi connectivity index (χ4n) is 2.47. The molecule has 0 atom stereocenters. The second kappa shape index (κ2) is 5.69. The second-order valence-corrected chi connectivity index (χ2v) is 5.56. The van der Waals surface area contributed by atoms with Crippen molar-refractivity contribution in [3.8, 4) is 11.4 Å². The zero-order valence-electron chi connectivity index (χ0n) is 12.8. The highest BCUT2D eigenvalue weighted by atomic mass is 35.5. The smallest absolute Gasteiger partial charge is 0.431 e. The molecule has 10 heteroatoms. The van der Waals surface area contributed by atoms with E-state index in [-0.39, 0.29) is 21.7 Å². The summed E-state index contributed by atoms with van der Waals surface area (Å²) in [4.78, 5) is 24.5. The van der Waals surface area contributed by atoms with Gasteiger partial charge in [-0.15, -0.1) is 0 Å². The fraction of sp³-hybridized carbons (Fsp3) is 0.200. The Kier molecular flexibility index (Phi) is 3.91. The van der Waals surface area contributed by atoms with Crippen molar-refractivity contribution in [3.05, 3.63) is 56.0 Å². The van der Waals surface area contributed by atoms with Crippen LogP contribution in [0.3, 0.4) is 0 Å². The number of methoxy groups -OCH3 is 1. The molecule has 25 heavy (non-hydrogen) atoms. The number of alkyl halides is 3. The van der Waals surface area contributed by atoms with Crippen molar-refractivity contribution < 1.29 is 22.3 Å². The molecule has 2 aromatic heterocycles. The zero-order valence-corrected chi connectivity index (χ0v) is 13.6. The molecule has 0 unspecified atom stereocenters. The number of hydrogen-bond donors (Lipinski definition) is 0. The van der Waals surface area contributed by atoms with Gasteiger partial charge in [0.1, 0.15) is 23.4 Å². The van der Waals surface area contributed by atoms with E-state index < -0.39 is 23.1 Å². The third-order valence-corrected chi connectivity index (χ3v) is 3.95. The molecule has 0 saturated carbocycles. The maximum absolute atomic E-state index is 12.9. The van der Waals surface area contributed by atoms with Crippen molar-refractivity contribution in [1.29, 1.82) is 0 Å². The molecule has 6 nitrogen and oxygen atoms in total. The number of ether oxygens (including phenoxy) is 1. The van der Waals surface area contributed by atoms with Gasteiger partial charge in [-0.05, 0) is 6.07 Å². The minimum absolute atomic E-state index is 0.0323. The van der Waals surface area contributed by atoms with Crippen LogP contribution < -0.4 is 16.0 Å². The van der Waals surface area contributed by atoms with Crippen LogP contribution in [0.2, 0.25) is 5.02 Å². The highest BCUT2D eigenvalue weighted by Gasteiger charge is 2.35. The molecule has 2 heterocycles. The van der Waals surface area contributed by atoms with Crippen LogP contribution in [-0.4, -0.2) is 16.2 Å². The topological polar surface area (TPSA) is 66.4 Å². The Morgan fingerprint density at radius 1 is 1.20 bits per heavy atom. The van der Waals surface area contributed by atoms with Gasteiger partial charge >= 0.3 is 11.9 Å². The van der Waals surface area contributed by atoms with Crippen molar-refractivity contribution in [2.24, 2.45) is 7.05 Å². The van der Waals surface area contributed by atoms with Gasteiger partial charge in [0, 0.05) is 24.6 Å². The molecule has 0 radical (unpaired) electrons. The summed E-state index contributed by atoms with van der Waals surface area (Å²) in [5.41, 5.74) is -3.51. The summed E-state index contributed by atoms with van der Waals surface area (Å²) in [6.07, 6.45) is -3.76. The third-order valence-electron chi connectivity index (χ3n) is 3.67. The van der Waals surface area contributed by atoms with Crippen molar-refractivity contribution in [1.82, 2.24) is 9.13 Å². The van der Waals surface area contributed by atoms with E-state index >= 15 is 0 Å². The van der Waals surface area contributed by atoms with Crippen LogP contribution >= 0.6 is 11.6 Å². The number of halogens is 4. The van der Waals surface area contributed by atoms with Crippen molar-refractivity contribution in [3.63, 3.8) is 0 Å². The van der Waals surface area contributed by atoms with Crippen LogP contribution in [0.4, 0.5) is 13.2 Å². The standard InChI is InChI=1S/C15H10ClF3N2O4/c1-20-11(15(17,18)19)5-12(22)21(14(20)23)10-6-25-13-8(10)3-7(24-2)4-9(13)16/h3-6H,1-2H3. The molecule has 0 spiro atoms. The van der Waals surface area contributed by atoms with Gasteiger partial charge in [0.25, 0.3) is 5.56 Å². The van der Waals surface area contributed by atoms with Gasteiger partial charge < -0.3 is 9.15 Å². The molecule has 0 amide bonds. The van der Waals surface area contributed by atoms with Crippen LogP contribution in [0.25, 0.3) is 16.7 Å². The lowest BCUT2D eigenvalue weighted by molar-refractivity contribution is -0.144. The van der Waals surface area contributed by atoms with E-state index in [4.69, 9.17) is 20.8 Å². The molecular weight excluding hydrogens is 365 g/mol. The quantitative estimate of drug-likeness (QED) is 0.691. The first-order valence-electron chi connectivity index (χ1n) is 6.80. The fourth-order valence-corrected chi connectivity index (χ4v) is 2.72. The molecule has 1 aromatic carbocycles. The van der Waals surface area contributed by atoms with E-state index in [1.165, 1.54) is 19.2 Å². The summed E-state index contributed by atoms with van der Waals surface area (Å²) in [5.74, 6) is 0.330. The number of aromatic nitrogens is 2. The molecule has 0 bridgehead atoms. The number of furan rings is 1. The lowest BCUT2D eigenvalue weighted by Crippen LogP contribution is -2.40. The van der Waals surface area contributed by atoms with E-state index in [1.54, 1.807) is 0 Å². The minimum atomic E-state index is -4.84. The second-order valence-electron chi connectivity index (χ2n) is 5.15. The minimum Gasteiger partial charge on any atom is -0.497 e. The Bertz CT molecular complexity index is 1100. The molecule has 0 saturated heterocycles. The molecule has 132 valence electrons. The molecule has 3 rings (SSSR count).